The van der Waals surface area contributed by atoms with Crippen molar-refractivity contribution >= 4 is 39.6 Å². The van der Waals surface area contributed by atoms with Crippen molar-refractivity contribution in [3.05, 3.63) is 69.9 Å². The molecule has 0 spiro atoms. The molecule has 1 aromatic heterocycles. The number of benzene rings is 2. The van der Waals surface area contributed by atoms with Crippen LogP contribution in [0.5, 0.6) is 11.5 Å². The van der Waals surface area contributed by atoms with E-state index < -0.39 is 5.97 Å². The fraction of sp³-hybridized carbons (Fsp3) is 0.400. The fourth-order valence-corrected chi connectivity index (χ4v) is 4.49. The third-order valence-corrected chi connectivity index (χ3v) is 6.84. The van der Waals surface area contributed by atoms with Gasteiger partial charge in [-0.2, -0.15) is 4.98 Å². The third kappa shape index (κ3) is 10.2. The summed E-state index contributed by atoms with van der Waals surface area (Å²) in [6.07, 6.45) is 3.27. The number of carboxylic acids is 1. The standard InChI is InChI=1S/C20H28N4O3.C10H11BrO3/c1-4-5-10-22-19-16(13(2)23-20(21)24-19)12-15-11-14(7-9-18(25)26)6-8-17(15)27-3;1-13-9-4-3-7(10(12)14-2)5-8(9)6-11/h6,8,11H,4-5,7,9-10,12H2,1-3H3,(H,25,26)(H3,21,22,23,24);3-5H,6H2,1-2H3. The van der Waals surface area contributed by atoms with E-state index in [0.717, 1.165) is 64.7 Å². The SMILES string of the molecule is CCCCNc1nc(N)nc(C)c1Cc1cc(CCC(=O)O)ccc1OC.COC(=O)c1ccc(OC)c(CBr)c1. The van der Waals surface area contributed by atoms with Gasteiger partial charge in [-0.1, -0.05) is 41.4 Å². The molecule has 0 aliphatic carbocycles. The molecule has 0 saturated heterocycles. The van der Waals surface area contributed by atoms with Gasteiger partial charge in [-0.05, 0) is 55.2 Å². The molecule has 4 N–H and O–H groups in total. The monoisotopic (exact) mass is 630 g/mol. The Kier molecular flexibility index (Phi) is 13.9. The summed E-state index contributed by atoms with van der Waals surface area (Å²) in [6, 6.07) is 11.0. The van der Waals surface area contributed by atoms with E-state index >= 15 is 0 Å². The fourth-order valence-electron chi connectivity index (χ4n) is 4.05. The molecule has 41 heavy (non-hydrogen) atoms. The van der Waals surface area contributed by atoms with Crippen LogP contribution in [-0.4, -0.2) is 54.9 Å². The highest BCUT2D eigenvalue weighted by molar-refractivity contribution is 9.08. The first-order valence-corrected chi connectivity index (χ1v) is 14.3. The van der Waals surface area contributed by atoms with E-state index in [1.165, 1.54) is 7.11 Å². The first kappa shape index (κ1) is 33.3. The number of aryl methyl sites for hydroxylation is 2. The second-order valence-electron chi connectivity index (χ2n) is 9.14. The number of rotatable bonds is 13. The lowest BCUT2D eigenvalue weighted by molar-refractivity contribution is -0.136. The Morgan fingerprint density at radius 3 is 2.32 bits per heavy atom. The largest absolute Gasteiger partial charge is 0.496 e. The van der Waals surface area contributed by atoms with Gasteiger partial charge in [0.2, 0.25) is 5.95 Å². The molecular weight excluding hydrogens is 592 g/mol. The molecule has 2 aromatic carbocycles. The van der Waals surface area contributed by atoms with Crippen molar-refractivity contribution in [2.45, 2.75) is 51.3 Å². The maximum Gasteiger partial charge on any atom is 0.337 e. The van der Waals surface area contributed by atoms with Crippen LogP contribution < -0.4 is 20.5 Å². The van der Waals surface area contributed by atoms with Crippen LogP contribution in [0, 0.1) is 6.92 Å². The second-order valence-corrected chi connectivity index (χ2v) is 9.70. The number of carbonyl (C=O) groups is 2. The van der Waals surface area contributed by atoms with Crippen molar-refractivity contribution in [1.29, 1.82) is 0 Å². The highest BCUT2D eigenvalue weighted by Crippen LogP contribution is 2.28. The minimum Gasteiger partial charge on any atom is -0.496 e. The lowest BCUT2D eigenvalue weighted by Crippen LogP contribution is -2.12. The van der Waals surface area contributed by atoms with Crippen molar-refractivity contribution < 1.29 is 28.9 Å². The Balaban J connectivity index is 0.000000353. The number of nitrogens with two attached hydrogens (primary N) is 1. The molecule has 0 saturated carbocycles. The van der Waals surface area contributed by atoms with Gasteiger partial charge in [0, 0.05) is 41.5 Å². The average molecular weight is 632 g/mol. The van der Waals surface area contributed by atoms with E-state index in [4.69, 9.17) is 20.3 Å². The Hall–Kier alpha value is -3.86. The van der Waals surface area contributed by atoms with E-state index in [1.807, 2.05) is 25.1 Å². The molecule has 222 valence electrons. The third-order valence-electron chi connectivity index (χ3n) is 6.24. The average Bonchev–Trinajstić information content (AvgIpc) is 2.97. The zero-order valence-electron chi connectivity index (χ0n) is 24.3. The van der Waals surface area contributed by atoms with E-state index in [-0.39, 0.29) is 18.3 Å². The van der Waals surface area contributed by atoms with Crippen molar-refractivity contribution in [2.75, 3.05) is 38.9 Å². The van der Waals surface area contributed by atoms with Crippen LogP contribution in [0.3, 0.4) is 0 Å². The van der Waals surface area contributed by atoms with Crippen LogP contribution in [0.4, 0.5) is 11.8 Å². The summed E-state index contributed by atoms with van der Waals surface area (Å²) >= 11 is 3.32. The smallest absolute Gasteiger partial charge is 0.337 e. The van der Waals surface area contributed by atoms with Crippen molar-refractivity contribution in [3.8, 4) is 11.5 Å². The first-order valence-electron chi connectivity index (χ1n) is 13.2. The Labute approximate surface area is 249 Å². The molecule has 10 nitrogen and oxygen atoms in total. The highest BCUT2D eigenvalue weighted by atomic mass is 79.9. The number of carboxylic acid groups (broad SMARTS) is 1. The number of alkyl halides is 1. The molecule has 0 fully saturated rings. The number of aliphatic carboxylic acids is 1. The molecule has 0 atom stereocenters. The van der Waals surface area contributed by atoms with Crippen LogP contribution >= 0.6 is 15.9 Å². The lowest BCUT2D eigenvalue weighted by Gasteiger charge is -2.16. The van der Waals surface area contributed by atoms with E-state index in [0.29, 0.717) is 23.7 Å². The number of nitrogens with zero attached hydrogens (tertiary/aromatic N) is 2. The Morgan fingerprint density at radius 1 is 1.02 bits per heavy atom. The predicted octanol–water partition coefficient (Wildman–Crippen LogP) is 5.57. The van der Waals surface area contributed by atoms with Gasteiger partial charge in [0.15, 0.2) is 0 Å². The van der Waals surface area contributed by atoms with Crippen molar-refractivity contribution in [1.82, 2.24) is 9.97 Å². The van der Waals surface area contributed by atoms with Crippen LogP contribution in [0.2, 0.25) is 0 Å². The van der Waals surface area contributed by atoms with E-state index in [9.17, 15) is 9.59 Å². The normalized spacial score (nSPS) is 10.3. The lowest BCUT2D eigenvalue weighted by atomic mass is 9.99. The molecule has 0 radical (unpaired) electrons. The molecule has 3 rings (SSSR count). The second kappa shape index (κ2) is 17.1. The van der Waals surface area contributed by atoms with Gasteiger partial charge in [0.05, 0.1) is 26.9 Å². The molecule has 0 aliphatic rings. The van der Waals surface area contributed by atoms with Gasteiger partial charge < -0.3 is 30.4 Å². The van der Waals surface area contributed by atoms with Gasteiger partial charge in [-0.3, -0.25) is 4.79 Å². The van der Waals surface area contributed by atoms with Gasteiger partial charge in [0.1, 0.15) is 17.3 Å². The number of halogens is 1. The molecule has 0 unspecified atom stereocenters. The molecule has 0 bridgehead atoms. The van der Waals surface area contributed by atoms with Gasteiger partial charge in [-0.15, -0.1) is 0 Å². The van der Waals surface area contributed by atoms with Gasteiger partial charge in [0.25, 0.3) is 0 Å². The number of aromatic nitrogens is 2. The maximum absolute atomic E-state index is 11.2. The summed E-state index contributed by atoms with van der Waals surface area (Å²) in [5, 5.41) is 12.9. The number of hydrogen-bond donors (Lipinski definition) is 3. The van der Waals surface area contributed by atoms with E-state index in [1.54, 1.807) is 32.4 Å². The number of methoxy groups -OCH3 is 3. The summed E-state index contributed by atoms with van der Waals surface area (Å²) in [7, 11) is 4.59. The number of unbranched alkanes of at least 4 members (excludes halogenated alkanes) is 1. The number of nitrogens with one attached hydrogen (secondary N) is 1. The number of ether oxygens (including phenoxy) is 3. The van der Waals surface area contributed by atoms with Gasteiger partial charge in [-0.25, -0.2) is 9.78 Å². The first-order chi connectivity index (χ1) is 19.7. The molecule has 0 aliphatic heterocycles. The molecule has 1 heterocycles. The molecular formula is C30H39BrN4O6. The molecule has 0 amide bonds. The topological polar surface area (TPSA) is 146 Å². The number of hydrogen-bond acceptors (Lipinski definition) is 9. The van der Waals surface area contributed by atoms with Gasteiger partial charge >= 0.3 is 11.9 Å². The van der Waals surface area contributed by atoms with Crippen molar-refractivity contribution in [2.24, 2.45) is 0 Å². The zero-order chi connectivity index (χ0) is 30.4. The summed E-state index contributed by atoms with van der Waals surface area (Å²) in [5.41, 5.74) is 11.0. The summed E-state index contributed by atoms with van der Waals surface area (Å²) in [4.78, 5) is 30.7. The summed E-state index contributed by atoms with van der Waals surface area (Å²) in [5.74, 6) is 1.36. The highest BCUT2D eigenvalue weighted by Gasteiger charge is 2.15. The summed E-state index contributed by atoms with van der Waals surface area (Å²) < 4.78 is 15.2. The Bertz CT molecular complexity index is 1320. The van der Waals surface area contributed by atoms with Crippen LogP contribution in [0.25, 0.3) is 0 Å². The number of anilines is 2. The van der Waals surface area contributed by atoms with Crippen molar-refractivity contribution in [3.63, 3.8) is 0 Å². The molecule has 11 heteroatoms. The minimum atomic E-state index is -0.808. The number of carbonyl (C=O) groups excluding carboxylic acids is 1. The van der Waals surface area contributed by atoms with E-state index in [2.05, 4.69) is 42.9 Å². The quantitative estimate of drug-likeness (QED) is 0.124. The molecule has 3 aromatic rings. The minimum absolute atomic E-state index is 0.0968. The summed E-state index contributed by atoms with van der Waals surface area (Å²) in [6.45, 7) is 4.87. The van der Waals surface area contributed by atoms with Crippen LogP contribution in [-0.2, 0) is 27.7 Å². The number of esters is 1. The van der Waals surface area contributed by atoms with Crippen LogP contribution in [0.15, 0.2) is 36.4 Å². The maximum atomic E-state index is 11.2. The zero-order valence-corrected chi connectivity index (χ0v) is 25.8. The predicted molar refractivity (Wildman–Crippen MR) is 163 cm³/mol. The number of nitrogen functional groups attached to an aromatic ring is 1. The Morgan fingerprint density at radius 2 is 1.71 bits per heavy atom. The van der Waals surface area contributed by atoms with Crippen LogP contribution in [0.1, 0.15) is 64.5 Å².